The molecular formula is C14H22ClN3. The summed E-state index contributed by atoms with van der Waals surface area (Å²) in [5, 5.41) is 4.06. The summed E-state index contributed by atoms with van der Waals surface area (Å²) in [6.45, 7) is 8.83. The van der Waals surface area contributed by atoms with E-state index in [4.69, 9.17) is 11.6 Å². The Bertz CT molecular complexity index is 377. The molecular weight excluding hydrogens is 246 g/mol. The second-order valence-electron chi connectivity index (χ2n) is 5.00. The van der Waals surface area contributed by atoms with Crippen molar-refractivity contribution in [3.8, 4) is 0 Å². The summed E-state index contributed by atoms with van der Waals surface area (Å²) in [5.74, 6) is 0.588. The van der Waals surface area contributed by atoms with Gasteiger partial charge < -0.3 is 5.32 Å². The molecule has 1 fully saturated rings. The van der Waals surface area contributed by atoms with Crippen molar-refractivity contribution in [1.82, 2.24) is 15.2 Å². The third-order valence-electron chi connectivity index (χ3n) is 3.83. The highest BCUT2D eigenvalue weighted by molar-refractivity contribution is 6.30. The Kier molecular flexibility index (Phi) is 4.98. The normalized spacial score (nSPS) is 20.6. The summed E-state index contributed by atoms with van der Waals surface area (Å²) >= 11 is 6.29. The minimum absolute atomic E-state index is 0.387. The van der Waals surface area contributed by atoms with Gasteiger partial charge in [-0.2, -0.15) is 0 Å². The highest BCUT2D eigenvalue weighted by Crippen LogP contribution is 2.33. The fourth-order valence-electron chi connectivity index (χ4n) is 2.67. The minimum atomic E-state index is 0.387. The van der Waals surface area contributed by atoms with E-state index in [1.165, 1.54) is 5.56 Å². The third-order valence-corrected chi connectivity index (χ3v) is 4.15. The molecule has 0 radical (unpaired) electrons. The van der Waals surface area contributed by atoms with Gasteiger partial charge in [-0.25, -0.2) is 4.98 Å². The van der Waals surface area contributed by atoms with Crippen molar-refractivity contribution in [1.29, 1.82) is 0 Å². The molecule has 0 aliphatic carbocycles. The van der Waals surface area contributed by atoms with Crippen LogP contribution in [0.3, 0.4) is 0 Å². The standard InChI is InChI=1S/C14H22ClN3/c1-3-11(2)13(18-9-7-16-8-10-18)12-5-4-6-17-14(12)15/h4-6,11,13,16H,3,7-10H2,1-2H3/t11?,13-/m1/s1. The molecule has 0 saturated carbocycles. The SMILES string of the molecule is CCC(C)[C@H](c1cccnc1Cl)N1CCNCC1. The van der Waals surface area contributed by atoms with Gasteiger partial charge in [-0.3, -0.25) is 4.90 Å². The summed E-state index contributed by atoms with van der Waals surface area (Å²) < 4.78 is 0. The van der Waals surface area contributed by atoms with Crippen molar-refractivity contribution in [3.05, 3.63) is 29.0 Å². The molecule has 4 heteroatoms. The third kappa shape index (κ3) is 3.02. The molecule has 0 amide bonds. The molecule has 2 heterocycles. The molecule has 2 atom stereocenters. The Morgan fingerprint density at radius 1 is 1.44 bits per heavy atom. The predicted molar refractivity (Wildman–Crippen MR) is 75.9 cm³/mol. The zero-order valence-corrected chi connectivity index (χ0v) is 12.0. The van der Waals surface area contributed by atoms with Crippen LogP contribution < -0.4 is 5.32 Å². The van der Waals surface area contributed by atoms with E-state index < -0.39 is 0 Å². The fraction of sp³-hybridized carbons (Fsp3) is 0.643. The Morgan fingerprint density at radius 2 is 2.17 bits per heavy atom. The lowest BCUT2D eigenvalue weighted by atomic mass is 9.91. The molecule has 3 nitrogen and oxygen atoms in total. The van der Waals surface area contributed by atoms with Gasteiger partial charge in [0.25, 0.3) is 0 Å². The average molecular weight is 268 g/mol. The Hall–Kier alpha value is -0.640. The van der Waals surface area contributed by atoms with Gasteiger partial charge in [-0.05, 0) is 12.0 Å². The number of aromatic nitrogens is 1. The van der Waals surface area contributed by atoms with Crippen molar-refractivity contribution in [2.24, 2.45) is 5.92 Å². The second-order valence-corrected chi connectivity index (χ2v) is 5.36. The van der Waals surface area contributed by atoms with E-state index in [1.807, 2.05) is 6.07 Å². The van der Waals surface area contributed by atoms with Gasteiger partial charge in [-0.15, -0.1) is 0 Å². The van der Waals surface area contributed by atoms with Crippen molar-refractivity contribution in [2.75, 3.05) is 26.2 Å². The van der Waals surface area contributed by atoms with Crippen molar-refractivity contribution in [3.63, 3.8) is 0 Å². The quantitative estimate of drug-likeness (QED) is 0.851. The van der Waals surface area contributed by atoms with E-state index in [0.717, 1.165) is 32.6 Å². The molecule has 1 unspecified atom stereocenters. The van der Waals surface area contributed by atoms with Crippen LogP contribution >= 0.6 is 11.6 Å². The lowest BCUT2D eigenvalue weighted by Gasteiger charge is -2.38. The molecule has 0 spiro atoms. The van der Waals surface area contributed by atoms with Crippen LogP contribution in [-0.4, -0.2) is 36.1 Å². The van der Waals surface area contributed by atoms with E-state index in [2.05, 4.69) is 35.1 Å². The van der Waals surface area contributed by atoms with Crippen molar-refractivity contribution in [2.45, 2.75) is 26.3 Å². The first-order valence-electron chi connectivity index (χ1n) is 6.79. The van der Waals surface area contributed by atoms with Crippen LogP contribution in [0.15, 0.2) is 18.3 Å². The molecule has 1 aromatic rings. The molecule has 1 aliphatic heterocycles. The van der Waals surface area contributed by atoms with Gasteiger partial charge in [0.05, 0.1) is 0 Å². The van der Waals surface area contributed by atoms with E-state index in [0.29, 0.717) is 17.1 Å². The topological polar surface area (TPSA) is 28.2 Å². The number of nitrogens with zero attached hydrogens (tertiary/aromatic N) is 2. The Labute approximate surface area is 115 Å². The van der Waals surface area contributed by atoms with Gasteiger partial charge in [0, 0.05) is 44.0 Å². The van der Waals surface area contributed by atoms with Crippen LogP contribution in [0.25, 0.3) is 0 Å². The second kappa shape index (κ2) is 6.50. The van der Waals surface area contributed by atoms with E-state index in [9.17, 15) is 0 Å². The van der Waals surface area contributed by atoms with Gasteiger partial charge in [0.1, 0.15) is 5.15 Å². The molecule has 0 bridgehead atoms. The highest BCUT2D eigenvalue weighted by atomic mass is 35.5. The van der Waals surface area contributed by atoms with Crippen LogP contribution in [0, 0.1) is 5.92 Å². The number of piperazine rings is 1. The molecule has 18 heavy (non-hydrogen) atoms. The maximum atomic E-state index is 6.29. The molecule has 1 aliphatic rings. The zero-order valence-electron chi connectivity index (χ0n) is 11.2. The van der Waals surface area contributed by atoms with E-state index in [-0.39, 0.29) is 0 Å². The lowest BCUT2D eigenvalue weighted by molar-refractivity contribution is 0.128. The Balaban J connectivity index is 2.27. The van der Waals surface area contributed by atoms with Gasteiger partial charge in [0.2, 0.25) is 0 Å². The van der Waals surface area contributed by atoms with Crippen molar-refractivity contribution < 1.29 is 0 Å². The first-order valence-corrected chi connectivity index (χ1v) is 7.17. The van der Waals surface area contributed by atoms with Crippen molar-refractivity contribution >= 4 is 11.6 Å². The maximum absolute atomic E-state index is 6.29. The number of halogens is 1. The zero-order chi connectivity index (χ0) is 13.0. The van der Waals surface area contributed by atoms with Crippen LogP contribution in [-0.2, 0) is 0 Å². The van der Waals surface area contributed by atoms with Crippen LogP contribution in [0.4, 0.5) is 0 Å². The predicted octanol–water partition coefficient (Wildman–Crippen LogP) is 2.73. The fourth-order valence-corrected chi connectivity index (χ4v) is 2.90. The monoisotopic (exact) mass is 267 g/mol. The molecule has 1 aromatic heterocycles. The Morgan fingerprint density at radius 3 is 2.78 bits per heavy atom. The van der Waals surface area contributed by atoms with Crippen LogP contribution in [0.1, 0.15) is 31.9 Å². The van der Waals surface area contributed by atoms with Gasteiger partial charge >= 0.3 is 0 Å². The van der Waals surface area contributed by atoms with E-state index >= 15 is 0 Å². The highest BCUT2D eigenvalue weighted by Gasteiger charge is 2.28. The van der Waals surface area contributed by atoms with E-state index in [1.54, 1.807) is 6.20 Å². The summed E-state index contributed by atoms with van der Waals surface area (Å²) in [7, 11) is 0. The summed E-state index contributed by atoms with van der Waals surface area (Å²) in [6.07, 6.45) is 2.91. The average Bonchev–Trinajstić information content (AvgIpc) is 2.42. The first-order chi connectivity index (χ1) is 8.74. The first kappa shape index (κ1) is 13.8. The number of pyridine rings is 1. The molecule has 0 aromatic carbocycles. The minimum Gasteiger partial charge on any atom is -0.314 e. The van der Waals surface area contributed by atoms with Gasteiger partial charge in [-0.1, -0.05) is 37.9 Å². The summed E-state index contributed by atoms with van der Waals surface area (Å²) in [4.78, 5) is 6.77. The molecule has 1 saturated heterocycles. The lowest BCUT2D eigenvalue weighted by Crippen LogP contribution is -2.46. The molecule has 2 rings (SSSR count). The van der Waals surface area contributed by atoms with Gasteiger partial charge in [0.15, 0.2) is 0 Å². The number of hydrogen-bond donors (Lipinski definition) is 1. The van der Waals surface area contributed by atoms with Crippen LogP contribution in [0.2, 0.25) is 5.15 Å². The van der Waals surface area contributed by atoms with Crippen LogP contribution in [0.5, 0.6) is 0 Å². The largest absolute Gasteiger partial charge is 0.314 e. The number of rotatable bonds is 4. The number of hydrogen-bond acceptors (Lipinski definition) is 3. The molecule has 100 valence electrons. The molecule has 1 N–H and O–H groups in total. The number of nitrogens with one attached hydrogen (secondary N) is 1. The maximum Gasteiger partial charge on any atom is 0.133 e. The summed E-state index contributed by atoms with van der Waals surface area (Å²) in [6, 6.07) is 4.49. The summed E-state index contributed by atoms with van der Waals surface area (Å²) in [5.41, 5.74) is 1.18. The smallest absolute Gasteiger partial charge is 0.133 e.